The molecule has 0 aromatic rings. The Labute approximate surface area is 77.1 Å². The zero-order valence-corrected chi connectivity index (χ0v) is 9.01. The van der Waals surface area contributed by atoms with E-state index in [2.05, 4.69) is 32.6 Å². The lowest BCUT2D eigenvalue weighted by Crippen LogP contribution is -2.35. The molecule has 2 nitrogen and oxygen atoms in total. The summed E-state index contributed by atoms with van der Waals surface area (Å²) in [6, 6.07) is 0. The van der Waals surface area contributed by atoms with Crippen LogP contribution in [0.3, 0.4) is 0 Å². The molecule has 0 rings (SSSR count). The molecule has 2 N–H and O–H groups in total. The number of hydrogen-bond acceptors (Lipinski definition) is 2. The first-order chi connectivity index (χ1) is 5.56. The van der Waals surface area contributed by atoms with Crippen molar-refractivity contribution in [1.29, 1.82) is 0 Å². The van der Waals surface area contributed by atoms with Gasteiger partial charge in [0.25, 0.3) is 0 Å². The maximum absolute atomic E-state index is 5.54. The van der Waals surface area contributed by atoms with E-state index < -0.39 is 0 Å². The molecule has 0 aromatic heterocycles. The molecule has 74 valence electrons. The van der Waals surface area contributed by atoms with Crippen molar-refractivity contribution in [3.63, 3.8) is 0 Å². The third kappa shape index (κ3) is 6.62. The summed E-state index contributed by atoms with van der Waals surface area (Å²) in [6.45, 7) is 13.2. The molecule has 0 atom stereocenters. The second-order valence-electron chi connectivity index (χ2n) is 4.34. The van der Waals surface area contributed by atoms with Gasteiger partial charge < -0.3 is 10.6 Å². The van der Waals surface area contributed by atoms with Gasteiger partial charge >= 0.3 is 0 Å². The minimum atomic E-state index is 0.746. The monoisotopic (exact) mass is 172 g/mol. The summed E-state index contributed by atoms with van der Waals surface area (Å²) in [5, 5.41) is 0. The second-order valence-corrected chi connectivity index (χ2v) is 4.34. The van der Waals surface area contributed by atoms with Gasteiger partial charge in [-0.3, -0.25) is 0 Å². The first-order valence-electron chi connectivity index (χ1n) is 4.98. The zero-order chi connectivity index (χ0) is 9.56. The van der Waals surface area contributed by atoms with E-state index in [9.17, 15) is 0 Å². The van der Waals surface area contributed by atoms with Crippen LogP contribution in [0.15, 0.2) is 0 Å². The van der Waals surface area contributed by atoms with Crippen LogP contribution >= 0.6 is 0 Å². The Morgan fingerprint density at radius 1 is 1.00 bits per heavy atom. The minimum absolute atomic E-state index is 0.746. The SMILES string of the molecule is CC(C)CN(CCN)CC(C)C. The van der Waals surface area contributed by atoms with Gasteiger partial charge in [-0.25, -0.2) is 0 Å². The minimum Gasteiger partial charge on any atom is -0.329 e. The second kappa shape index (κ2) is 6.44. The fourth-order valence-electron chi connectivity index (χ4n) is 1.47. The molecule has 0 aromatic carbocycles. The van der Waals surface area contributed by atoms with E-state index in [4.69, 9.17) is 5.73 Å². The molecule has 0 spiro atoms. The fraction of sp³-hybridized carbons (Fsp3) is 1.00. The Bertz CT molecular complexity index is 90.0. The molecule has 12 heavy (non-hydrogen) atoms. The van der Waals surface area contributed by atoms with Gasteiger partial charge in [-0.2, -0.15) is 0 Å². The summed E-state index contributed by atoms with van der Waals surface area (Å²) in [6.07, 6.45) is 0. The highest BCUT2D eigenvalue weighted by molar-refractivity contribution is 4.62. The van der Waals surface area contributed by atoms with Gasteiger partial charge in [-0.05, 0) is 11.8 Å². The van der Waals surface area contributed by atoms with E-state index in [1.54, 1.807) is 0 Å². The highest BCUT2D eigenvalue weighted by atomic mass is 15.1. The molecule has 0 amide bonds. The van der Waals surface area contributed by atoms with E-state index >= 15 is 0 Å². The van der Waals surface area contributed by atoms with Crippen molar-refractivity contribution in [3.8, 4) is 0 Å². The van der Waals surface area contributed by atoms with Crippen LogP contribution in [0.4, 0.5) is 0 Å². The standard InChI is InChI=1S/C10H24N2/c1-9(2)7-12(6-5-11)8-10(3)4/h9-10H,5-8,11H2,1-4H3. The zero-order valence-electron chi connectivity index (χ0n) is 9.01. The van der Waals surface area contributed by atoms with E-state index in [0.717, 1.165) is 24.9 Å². The summed E-state index contributed by atoms with van der Waals surface area (Å²) in [5.74, 6) is 1.49. The van der Waals surface area contributed by atoms with Gasteiger partial charge in [-0.15, -0.1) is 0 Å². The van der Waals surface area contributed by atoms with Gasteiger partial charge in [0.05, 0.1) is 0 Å². The highest BCUT2D eigenvalue weighted by Crippen LogP contribution is 2.02. The first kappa shape index (κ1) is 11.9. The summed E-state index contributed by atoms with van der Waals surface area (Å²) in [7, 11) is 0. The maximum Gasteiger partial charge on any atom is 0.0105 e. The van der Waals surface area contributed by atoms with E-state index in [0.29, 0.717) is 0 Å². The van der Waals surface area contributed by atoms with Gasteiger partial charge in [-0.1, -0.05) is 27.7 Å². The maximum atomic E-state index is 5.54. The Morgan fingerprint density at radius 2 is 1.42 bits per heavy atom. The van der Waals surface area contributed by atoms with Crippen molar-refractivity contribution in [1.82, 2.24) is 4.90 Å². The van der Waals surface area contributed by atoms with E-state index in [-0.39, 0.29) is 0 Å². The van der Waals surface area contributed by atoms with Crippen molar-refractivity contribution < 1.29 is 0 Å². The fourth-order valence-corrected chi connectivity index (χ4v) is 1.47. The molecule has 0 bridgehead atoms. The van der Waals surface area contributed by atoms with Gasteiger partial charge in [0.1, 0.15) is 0 Å². The van der Waals surface area contributed by atoms with E-state index in [1.165, 1.54) is 13.1 Å². The molecule has 2 heteroatoms. The number of rotatable bonds is 6. The summed E-state index contributed by atoms with van der Waals surface area (Å²) in [5.41, 5.74) is 5.54. The molecule has 0 unspecified atom stereocenters. The molecule has 0 aliphatic carbocycles. The van der Waals surface area contributed by atoms with Gasteiger partial charge in [0, 0.05) is 26.2 Å². The topological polar surface area (TPSA) is 29.3 Å². The molecule has 0 aliphatic rings. The molecule has 0 saturated heterocycles. The lowest BCUT2D eigenvalue weighted by molar-refractivity contribution is 0.225. The van der Waals surface area contributed by atoms with Crippen molar-refractivity contribution in [3.05, 3.63) is 0 Å². The van der Waals surface area contributed by atoms with Crippen LogP contribution in [0.25, 0.3) is 0 Å². The molecular formula is C10H24N2. The lowest BCUT2D eigenvalue weighted by atomic mass is 10.1. The number of hydrogen-bond donors (Lipinski definition) is 1. The molecule has 0 saturated carbocycles. The van der Waals surface area contributed by atoms with Crippen molar-refractivity contribution in [2.24, 2.45) is 17.6 Å². The number of nitrogens with two attached hydrogens (primary N) is 1. The average molecular weight is 172 g/mol. The quantitative estimate of drug-likeness (QED) is 0.659. The Morgan fingerprint density at radius 3 is 1.67 bits per heavy atom. The smallest absolute Gasteiger partial charge is 0.0105 e. The summed E-state index contributed by atoms with van der Waals surface area (Å²) in [4.78, 5) is 2.45. The van der Waals surface area contributed by atoms with Crippen LogP contribution in [-0.2, 0) is 0 Å². The van der Waals surface area contributed by atoms with Crippen LogP contribution < -0.4 is 5.73 Å². The normalized spacial score (nSPS) is 12.0. The van der Waals surface area contributed by atoms with Crippen LogP contribution in [0, 0.1) is 11.8 Å². The highest BCUT2D eigenvalue weighted by Gasteiger charge is 2.07. The predicted octanol–water partition coefficient (Wildman–Crippen LogP) is 1.56. The van der Waals surface area contributed by atoms with Crippen LogP contribution in [-0.4, -0.2) is 31.1 Å². The molecular weight excluding hydrogens is 148 g/mol. The molecule has 0 heterocycles. The average Bonchev–Trinajstić information content (AvgIpc) is 1.84. The van der Waals surface area contributed by atoms with Crippen molar-refractivity contribution in [2.45, 2.75) is 27.7 Å². The van der Waals surface area contributed by atoms with Gasteiger partial charge in [0.2, 0.25) is 0 Å². The van der Waals surface area contributed by atoms with Crippen molar-refractivity contribution >= 4 is 0 Å². The third-order valence-corrected chi connectivity index (χ3v) is 1.69. The Kier molecular flexibility index (Phi) is 6.39. The Balaban J connectivity index is 3.69. The summed E-state index contributed by atoms with van der Waals surface area (Å²) < 4.78 is 0. The number of nitrogens with zero attached hydrogens (tertiary/aromatic N) is 1. The third-order valence-electron chi connectivity index (χ3n) is 1.69. The lowest BCUT2D eigenvalue weighted by Gasteiger charge is -2.25. The van der Waals surface area contributed by atoms with Crippen LogP contribution in [0.5, 0.6) is 0 Å². The molecule has 0 aliphatic heterocycles. The van der Waals surface area contributed by atoms with Crippen LogP contribution in [0.1, 0.15) is 27.7 Å². The largest absolute Gasteiger partial charge is 0.329 e. The van der Waals surface area contributed by atoms with Gasteiger partial charge in [0.15, 0.2) is 0 Å². The first-order valence-corrected chi connectivity index (χ1v) is 4.98. The summed E-state index contributed by atoms with van der Waals surface area (Å²) >= 11 is 0. The predicted molar refractivity (Wildman–Crippen MR) is 55.2 cm³/mol. The molecule has 0 fully saturated rings. The van der Waals surface area contributed by atoms with E-state index in [1.807, 2.05) is 0 Å². The molecule has 0 radical (unpaired) electrons. The Hall–Kier alpha value is -0.0800. The van der Waals surface area contributed by atoms with Crippen LogP contribution in [0.2, 0.25) is 0 Å². The van der Waals surface area contributed by atoms with Crippen molar-refractivity contribution in [2.75, 3.05) is 26.2 Å².